The summed E-state index contributed by atoms with van der Waals surface area (Å²) in [6.45, 7) is 5.18. The summed E-state index contributed by atoms with van der Waals surface area (Å²) in [6.07, 6.45) is 0. The van der Waals surface area contributed by atoms with Gasteiger partial charge in [-0.15, -0.1) is 0 Å². The Bertz CT molecular complexity index is 464. The molecule has 1 aliphatic rings. The minimum Gasteiger partial charge on any atom is -0.386 e. The number of ether oxygens (including phenoxy) is 1. The first kappa shape index (κ1) is 14.0. The van der Waals surface area contributed by atoms with Crippen LogP contribution in [-0.4, -0.2) is 41.7 Å². The van der Waals surface area contributed by atoms with Gasteiger partial charge in [-0.3, -0.25) is 4.79 Å². The molecule has 1 amide bonds. The number of β-amino-alcohol motifs (C(OH)–C–C–N with tert-alkyl or cyclic N) is 1. The third-order valence-corrected chi connectivity index (χ3v) is 3.84. The Kier molecular flexibility index (Phi) is 3.92. The smallest absolute Gasteiger partial charge is 0.254 e. The lowest BCUT2D eigenvalue weighted by atomic mass is 9.82. The first-order valence-electron chi connectivity index (χ1n) is 6.56. The van der Waals surface area contributed by atoms with Crippen LogP contribution in [0.5, 0.6) is 0 Å². The van der Waals surface area contributed by atoms with Crippen molar-refractivity contribution in [1.82, 2.24) is 4.90 Å². The van der Waals surface area contributed by atoms with Gasteiger partial charge in [0.05, 0.1) is 19.7 Å². The molecule has 0 spiro atoms. The summed E-state index contributed by atoms with van der Waals surface area (Å²) < 4.78 is 5.11. The molecule has 1 saturated heterocycles. The van der Waals surface area contributed by atoms with Gasteiger partial charge in [-0.25, -0.2) is 0 Å². The van der Waals surface area contributed by atoms with Gasteiger partial charge in [-0.2, -0.15) is 0 Å². The Morgan fingerprint density at radius 1 is 1.42 bits per heavy atom. The average Bonchev–Trinajstić information content (AvgIpc) is 2.35. The van der Waals surface area contributed by atoms with E-state index in [9.17, 15) is 9.90 Å². The van der Waals surface area contributed by atoms with Crippen molar-refractivity contribution in [2.75, 3.05) is 20.2 Å². The number of carbonyl (C=O) groups excluding carboxylic acids is 1. The highest BCUT2D eigenvalue weighted by Gasteiger charge is 2.46. The molecule has 1 fully saturated rings. The maximum absolute atomic E-state index is 12.4. The summed E-state index contributed by atoms with van der Waals surface area (Å²) >= 11 is 0. The van der Waals surface area contributed by atoms with Gasteiger partial charge in [0.2, 0.25) is 0 Å². The fourth-order valence-corrected chi connectivity index (χ4v) is 2.30. The number of amides is 1. The molecule has 0 bridgehead atoms. The molecule has 1 aromatic carbocycles. The number of nitrogens with zero attached hydrogens (tertiary/aromatic N) is 1. The largest absolute Gasteiger partial charge is 0.386 e. The SMILES string of the molecule is COCc1ccccc1C(=O)N1CC(O)(C(C)C)C1. The summed E-state index contributed by atoms with van der Waals surface area (Å²) in [4.78, 5) is 14.1. The van der Waals surface area contributed by atoms with Gasteiger partial charge < -0.3 is 14.7 Å². The Morgan fingerprint density at radius 3 is 2.63 bits per heavy atom. The number of likely N-dealkylation sites (tertiary alicyclic amines) is 1. The molecular weight excluding hydrogens is 242 g/mol. The van der Waals surface area contributed by atoms with E-state index in [1.165, 1.54) is 0 Å². The van der Waals surface area contributed by atoms with Gasteiger partial charge in [0.25, 0.3) is 5.91 Å². The number of methoxy groups -OCH3 is 1. The lowest BCUT2D eigenvalue weighted by Crippen LogP contribution is -2.66. The topological polar surface area (TPSA) is 49.8 Å². The Labute approximate surface area is 114 Å². The van der Waals surface area contributed by atoms with E-state index in [-0.39, 0.29) is 11.8 Å². The molecule has 4 nitrogen and oxygen atoms in total. The van der Waals surface area contributed by atoms with Gasteiger partial charge in [0, 0.05) is 12.7 Å². The Balaban J connectivity index is 2.10. The second kappa shape index (κ2) is 5.31. The molecule has 0 unspecified atom stereocenters. The standard InChI is InChI=1S/C15H21NO3/c1-11(2)15(18)9-16(10-15)14(17)13-7-5-4-6-12(13)8-19-3/h4-7,11,18H,8-10H2,1-3H3. The van der Waals surface area contributed by atoms with Crippen molar-refractivity contribution in [1.29, 1.82) is 0 Å². The molecule has 0 atom stereocenters. The maximum Gasteiger partial charge on any atom is 0.254 e. The number of aliphatic hydroxyl groups is 1. The van der Waals surface area contributed by atoms with Crippen molar-refractivity contribution in [3.05, 3.63) is 35.4 Å². The highest BCUT2D eigenvalue weighted by Crippen LogP contribution is 2.30. The van der Waals surface area contributed by atoms with Crippen molar-refractivity contribution >= 4 is 5.91 Å². The van der Waals surface area contributed by atoms with Crippen LogP contribution in [0.4, 0.5) is 0 Å². The lowest BCUT2D eigenvalue weighted by molar-refractivity contribution is -0.110. The molecule has 0 aromatic heterocycles. The number of hydrogen-bond donors (Lipinski definition) is 1. The zero-order chi connectivity index (χ0) is 14.0. The number of hydrogen-bond acceptors (Lipinski definition) is 3. The summed E-state index contributed by atoms with van der Waals surface area (Å²) in [7, 11) is 1.61. The van der Waals surface area contributed by atoms with Gasteiger partial charge in [-0.05, 0) is 17.5 Å². The molecule has 1 aliphatic heterocycles. The summed E-state index contributed by atoms with van der Waals surface area (Å²) in [6, 6.07) is 7.45. The minimum absolute atomic E-state index is 0.0297. The van der Waals surface area contributed by atoms with E-state index in [4.69, 9.17) is 4.74 Å². The first-order valence-corrected chi connectivity index (χ1v) is 6.56. The zero-order valence-corrected chi connectivity index (χ0v) is 11.7. The highest BCUT2D eigenvalue weighted by molar-refractivity contribution is 5.96. The van der Waals surface area contributed by atoms with Crippen LogP contribution in [0, 0.1) is 5.92 Å². The van der Waals surface area contributed by atoms with Gasteiger partial charge in [-0.1, -0.05) is 32.0 Å². The van der Waals surface area contributed by atoms with E-state index in [0.717, 1.165) is 5.56 Å². The molecule has 2 rings (SSSR count). The lowest BCUT2D eigenvalue weighted by Gasteiger charge is -2.49. The number of carbonyl (C=O) groups is 1. The molecule has 1 N–H and O–H groups in total. The molecule has 19 heavy (non-hydrogen) atoms. The van der Waals surface area contributed by atoms with E-state index in [1.807, 2.05) is 38.1 Å². The van der Waals surface area contributed by atoms with Crippen LogP contribution in [0.1, 0.15) is 29.8 Å². The second-order valence-electron chi connectivity index (χ2n) is 5.51. The fourth-order valence-electron chi connectivity index (χ4n) is 2.30. The van der Waals surface area contributed by atoms with Crippen molar-refractivity contribution in [2.24, 2.45) is 5.92 Å². The Morgan fingerprint density at radius 2 is 2.05 bits per heavy atom. The van der Waals surface area contributed by atoms with Crippen molar-refractivity contribution in [3.63, 3.8) is 0 Å². The summed E-state index contributed by atoms with van der Waals surface area (Å²) in [5.41, 5.74) is 0.816. The van der Waals surface area contributed by atoms with Crippen LogP contribution in [0.25, 0.3) is 0 Å². The third kappa shape index (κ3) is 2.65. The van der Waals surface area contributed by atoms with Gasteiger partial charge >= 0.3 is 0 Å². The van der Waals surface area contributed by atoms with Crippen LogP contribution in [0.2, 0.25) is 0 Å². The molecule has 0 saturated carbocycles. The normalized spacial score (nSPS) is 17.4. The van der Waals surface area contributed by atoms with Gasteiger partial charge in [0.15, 0.2) is 0 Å². The molecule has 1 aromatic rings. The van der Waals surface area contributed by atoms with Gasteiger partial charge in [0.1, 0.15) is 5.60 Å². The third-order valence-electron chi connectivity index (χ3n) is 3.84. The molecule has 0 radical (unpaired) electrons. The highest BCUT2D eigenvalue weighted by atomic mass is 16.5. The van der Waals surface area contributed by atoms with E-state index in [2.05, 4.69) is 0 Å². The fraction of sp³-hybridized carbons (Fsp3) is 0.533. The van der Waals surface area contributed by atoms with Crippen LogP contribution in [0.3, 0.4) is 0 Å². The predicted octanol–water partition coefficient (Wildman–Crippen LogP) is 1.68. The van der Waals surface area contributed by atoms with Crippen molar-refractivity contribution in [2.45, 2.75) is 26.1 Å². The zero-order valence-electron chi connectivity index (χ0n) is 11.7. The molecule has 4 heteroatoms. The predicted molar refractivity (Wildman–Crippen MR) is 72.8 cm³/mol. The summed E-state index contributed by atoms with van der Waals surface area (Å²) in [5.74, 6) is 0.128. The van der Waals surface area contributed by atoms with E-state index in [0.29, 0.717) is 25.3 Å². The average molecular weight is 263 g/mol. The maximum atomic E-state index is 12.4. The number of benzene rings is 1. The van der Waals surface area contributed by atoms with Crippen LogP contribution in [0.15, 0.2) is 24.3 Å². The Hall–Kier alpha value is -1.39. The molecule has 104 valence electrons. The number of rotatable bonds is 4. The first-order chi connectivity index (χ1) is 8.98. The quantitative estimate of drug-likeness (QED) is 0.899. The monoisotopic (exact) mass is 263 g/mol. The molecule has 0 aliphatic carbocycles. The van der Waals surface area contributed by atoms with E-state index >= 15 is 0 Å². The van der Waals surface area contributed by atoms with Crippen molar-refractivity contribution < 1.29 is 14.6 Å². The van der Waals surface area contributed by atoms with Crippen LogP contribution in [-0.2, 0) is 11.3 Å². The van der Waals surface area contributed by atoms with Crippen LogP contribution < -0.4 is 0 Å². The van der Waals surface area contributed by atoms with Crippen LogP contribution >= 0.6 is 0 Å². The van der Waals surface area contributed by atoms with E-state index < -0.39 is 5.60 Å². The van der Waals surface area contributed by atoms with Crippen molar-refractivity contribution in [3.8, 4) is 0 Å². The van der Waals surface area contributed by atoms with E-state index in [1.54, 1.807) is 12.0 Å². The minimum atomic E-state index is -0.730. The molecular formula is C15H21NO3. The second-order valence-corrected chi connectivity index (χ2v) is 5.51. The summed E-state index contributed by atoms with van der Waals surface area (Å²) in [5, 5.41) is 10.2. The molecule has 1 heterocycles.